The molecule has 0 bridgehead atoms. The fourth-order valence-corrected chi connectivity index (χ4v) is 4.27. The highest BCUT2D eigenvalue weighted by Gasteiger charge is 2.29. The number of aromatic nitrogens is 5. The summed E-state index contributed by atoms with van der Waals surface area (Å²) in [5.74, 6) is 1.55. The van der Waals surface area contributed by atoms with Crippen LogP contribution >= 0.6 is 0 Å². The molecule has 0 fully saturated rings. The van der Waals surface area contributed by atoms with Crippen molar-refractivity contribution in [2.45, 2.75) is 58.8 Å². The van der Waals surface area contributed by atoms with Gasteiger partial charge in [-0.15, -0.1) is 5.10 Å². The van der Waals surface area contributed by atoms with E-state index in [1.54, 1.807) is 7.11 Å². The molecule has 0 radical (unpaired) electrons. The molecular weight excluding hydrogens is 428 g/mol. The topological polar surface area (TPSA) is 88.9 Å². The molecule has 0 unspecified atom stereocenters. The first kappa shape index (κ1) is 23.6. The Labute approximate surface area is 199 Å². The Morgan fingerprint density at radius 3 is 2.53 bits per heavy atom. The van der Waals surface area contributed by atoms with Gasteiger partial charge in [-0.25, -0.2) is 4.68 Å². The second kappa shape index (κ2) is 9.77. The molecule has 1 atom stereocenters. The van der Waals surface area contributed by atoms with Crippen LogP contribution in [0, 0.1) is 0 Å². The van der Waals surface area contributed by atoms with Crippen LogP contribution in [0.15, 0.2) is 59.4 Å². The minimum Gasteiger partial charge on any atom is -0.497 e. The molecule has 0 saturated carbocycles. The minimum atomic E-state index is -0.262. The number of tetrazole rings is 1. The minimum absolute atomic E-state index is 0.0742. The van der Waals surface area contributed by atoms with Crippen LogP contribution in [-0.4, -0.2) is 37.2 Å². The summed E-state index contributed by atoms with van der Waals surface area (Å²) in [5, 5.41) is 13.6. The van der Waals surface area contributed by atoms with E-state index in [4.69, 9.17) is 4.74 Å². The van der Waals surface area contributed by atoms with Gasteiger partial charge in [0.15, 0.2) is 5.82 Å². The molecule has 8 heteroatoms. The van der Waals surface area contributed by atoms with E-state index in [2.05, 4.69) is 65.2 Å². The van der Waals surface area contributed by atoms with Crippen molar-refractivity contribution in [2.24, 2.45) is 0 Å². The van der Waals surface area contributed by atoms with Crippen molar-refractivity contribution in [3.63, 3.8) is 0 Å². The standard InChI is InChI=1S/C26H32N6O2/c1-6-23(24-28-29-30-32(24)26(2,3)4)31(16-18-10-8-7-9-11-18)17-20-14-19-15-21(34-5)12-13-22(19)27-25(20)33/h7-15,23H,6,16-17H2,1-5H3,(H,27,33)/t23-/m0/s1. The van der Waals surface area contributed by atoms with Crippen LogP contribution in [0.2, 0.25) is 0 Å². The number of rotatable bonds is 8. The van der Waals surface area contributed by atoms with E-state index in [9.17, 15) is 4.79 Å². The number of fused-ring (bicyclic) bond motifs is 1. The third-order valence-corrected chi connectivity index (χ3v) is 5.98. The molecule has 0 aliphatic carbocycles. The molecule has 8 nitrogen and oxygen atoms in total. The molecule has 0 amide bonds. The van der Waals surface area contributed by atoms with E-state index in [0.717, 1.165) is 34.5 Å². The lowest BCUT2D eigenvalue weighted by molar-refractivity contribution is 0.153. The number of nitrogens with one attached hydrogen (secondary N) is 1. The Kier molecular flexibility index (Phi) is 6.79. The summed E-state index contributed by atoms with van der Waals surface area (Å²) in [4.78, 5) is 18.3. The predicted molar refractivity (Wildman–Crippen MR) is 133 cm³/mol. The maximum Gasteiger partial charge on any atom is 0.252 e. The summed E-state index contributed by atoms with van der Waals surface area (Å²) in [6.45, 7) is 9.49. The Morgan fingerprint density at radius 2 is 1.85 bits per heavy atom. The number of aromatic amines is 1. The summed E-state index contributed by atoms with van der Waals surface area (Å²) in [6, 6.07) is 17.8. The Bertz CT molecular complexity index is 1310. The monoisotopic (exact) mass is 460 g/mol. The van der Waals surface area contributed by atoms with Crippen molar-refractivity contribution >= 4 is 10.9 Å². The lowest BCUT2D eigenvalue weighted by Crippen LogP contribution is -2.35. The fourth-order valence-electron chi connectivity index (χ4n) is 4.27. The van der Waals surface area contributed by atoms with E-state index in [1.165, 1.54) is 0 Å². The smallest absolute Gasteiger partial charge is 0.252 e. The first-order valence-electron chi connectivity index (χ1n) is 11.6. The fraction of sp³-hybridized carbons (Fsp3) is 0.385. The zero-order valence-electron chi connectivity index (χ0n) is 20.4. The van der Waals surface area contributed by atoms with Crippen molar-refractivity contribution < 1.29 is 4.74 Å². The number of methoxy groups -OCH3 is 1. The van der Waals surface area contributed by atoms with Crippen molar-refractivity contribution in [3.05, 3.63) is 81.9 Å². The molecule has 2 aromatic heterocycles. The van der Waals surface area contributed by atoms with Crippen LogP contribution in [0.25, 0.3) is 10.9 Å². The van der Waals surface area contributed by atoms with Gasteiger partial charge >= 0.3 is 0 Å². The van der Waals surface area contributed by atoms with Crippen molar-refractivity contribution in [3.8, 4) is 5.75 Å². The Balaban J connectivity index is 1.77. The third-order valence-electron chi connectivity index (χ3n) is 5.98. The van der Waals surface area contributed by atoms with E-state index < -0.39 is 0 Å². The molecule has 1 N–H and O–H groups in total. The quantitative estimate of drug-likeness (QED) is 0.418. The summed E-state index contributed by atoms with van der Waals surface area (Å²) in [6.07, 6.45) is 0.794. The van der Waals surface area contributed by atoms with Gasteiger partial charge in [-0.3, -0.25) is 9.69 Å². The zero-order chi connectivity index (χ0) is 24.3. The zero-order valence-corrected chi connectivity index (χ0v) is 20.4. The number of ether oxygens (including phenoxy) is 1. The normalized spacial score (nSPS) is 12.9. The second-order valence-electron chi connectivity index (χ2n) is 9.51. The second-order valence-corrected chi connectivity index (χ2v) is 9.51. The lowest BCUT2D eigenvalue weighted by atomic mass is 10.0. The molecule has 4 aromatic rings. The van der Waals surface area contributed by atoms with Gasteiger partial charge in [0.05, 0.1) is 18.7 Å². The van der Waals surface area contributed by atoms with E-state index in [-0.39, 0.29) is 17.1 Å². The van der Waals surface area contributed by atoms with Crippen molar-refractivity contribution in [1.29, 1.82) is 0 Å². The van der Waals surface area contributed by atoms with Crippen LogP contribution in [-0.2, 0) is 18.6 Å². The Morgan fingerprint density at radius 1 is 1.09 bits per heavy atom. The van der Waals surface area contributed by atoms with Gasteiger partial charge in [0, 0.05) is 29.6 Å². The highest BCUT2D eigenvalue weighted by molar-refractivity contribution is 5.80. The number of hydrogen-bond donors (Lipinski definition) is 1. The van der Waals surface area contributed by atoms with Gasteiger partial charge in [0.25, 0.3) is 5.56 Å². The summed E-state index contributed by atoms with van der Waals surface area (Å²) in [7, 11) is 1.64. The van der Waals surface area contributed by atoms with Gasteiger partial charge in [0.2, 0.25) is 0 Å². The molecule has 0 saturated heterocycles. The molecule has 178 valence electrons. The summed E-state index contributed by atoms with van der Waals surface area (Å²) >= 11 is 0. The van der Waals surface area contributed by atoms with Crippen molar-refractivity contribution in [2.75, 3.05) is 7.11 Å². The molecule has 2 aromatic carbocycles. The van der Waals surface area contributed by atoms with Crippen LogP contribution in [0.4, 0.5) is 0 Å². The number of H-pyrrole nitrogens is 1. The first-order chi connectivity index (χ1) is 16.3. The first-order valence-corrected chi connectivity index (χ1v) is 11.6. The Hall–Kier alpha value is -3.52. The molecule has 2 heterocycles. The van der Waals surface area contributed by atoms with Gasteiger partial charge in [-0.05, 0) is 67.4 Å². The molecule has 4 rings (SSSR count). The maximum atomic E-state index is 13.0. The summed E-state index contributed by atoms with van der Waals surface area (Å²) < 4.78 is 7.26. The van der Waals surface area contributed by atoms with E-state index in [1.807, 2.05) is 47.1 Å². The highest BCUT2D eigenvalue weighted by Crippen LogP contribution is 2.29. The average Bonchev–Trinajstić information content (AvgIpc) is 3.31. The van der Waals surface area contributed by atoms with Crippen LogP contribution in [0.5, 0.6) is 5.75 Å². The molecule has 34 heavy (non-hydrogen) atoms. The maximum absolute atomic E-state index is 13.0. The third kappa shape index (κ3) is 5.02. The predicted octanol–water partition coefficient (Wildman–Crippen LogP) is 4.43. The summed E-state index contributed by atoms with van der Waals surface area (Å²) in [5.41, 5.74) is 2.27. The highest BCUT2D eigenvalue weighted by atomic mass is 16.5. The van der Waals surface area contributed by atoms with Gasteiger partial charge in [0.1, 0.15) is 5.75 Å². The SMILES string of the molecule is CC[C@@H](c1nnnn1C(C)(C)C)N(Cc1ccccc1)Cc1cc2cc(OC)ccc2[nH]c1=O. The number of hydrogen-bond acceptors (Lipinski definition) is 6. The molecule has 0 aliphatic rings. The molecule has 0 aliphatic heterocycles. The van der Waals surface area contributed by atoms with Gasteiger partial charge in [-0.2, -0.15) is 0 Å². The number of benzene rings is 2. The van der Waals surface area contributed by atoms with Crippen LogP contribution in [0.3, 0.4) is 0 Å². The van der Waals surface area contributed by atoms with Crippen LogP contribution < -0.4 is 10.3 Å². The molecular formula is C26H32N6O2. The van der Waals surface area contributed by atoms with Crippen LogP contribution in [0.1, 0.15) is 57.1 Å². The molecule has 0 spiro atoms. The largest absolute Gasteiger partial charge is 0.497 e. The number of pyridine rings is 1. The number of nitrogens with zero attached hydrogens (tertiary/aromatic N) is 5. The van der Waals surface area contributed by atoms with Crippen molar-refractivity contribution in [1.82, 2.24) is 30.1 Å². The lowest BCUT2D eigenvalue weighted by Gasteiger charge is -2.32. The van der Waals surface area contributed by atoms with E-state index >= 15 is 0 Å². The van der Waals surface area contributed by atoms with Gasteiger partial charge < -0.3 is 9.72 Å². The van der Waals surface area contributed by atoms with E-state index in [0.29, 0.717) is 18.7 Å². The average molecular weight is 461 g/mol. The van der Waals surface area contributed by atoms with Gasteiger partial charge in [-0.1, -0.05) is 37.3 Å².